The molecule has 3 aromatic rings. The van der Waals surface area contributed by atoms with Crippen LogP contribution in [0.2, 0.25) is 0 Å². The molecule has 0 radical (unpaired) electrons. The predicted octanol–water partition coefficient (Wildman–Crippen LogP) is 4.22. The molecule has 0 bridgehead atoms. The van der Waals surface area contributed by atoms with E-state index in [-0.39, 0.29) is 5.91 Å². The summed E-state index contributed by atoms with van der Waals surface area (Å²) in [6.07, 6.45) is 0. The summed E-state index contributed by atoms with van der Waals surface area (Å²) in [6.45, 7) is 6.05. The van der Waals surface area contributed by atoms with Crippen molar-refractivity contribution in [3.63, 3.8) is 0 Å². The molecule has 0 saturated heterocycles. The number of amides is 1. The van der Waals surface area contributed by atoms with E-state index < -0.39 is 0 Å². The number of imidazole rings is 1. The Balaban J connectivity index is 1.64. The summed E-state index contributed by atoms with van der Waals surface area (Å²) in [5, 5.41) is 3.73. The van der Waals surface area contributed by atoms with E-state index in [1.54, 1.807) is 0 Å². The van der Waals surface area contributed by atoms with E-state index >= 15 is 0 Å². The molecule has 4 nitrogen and oxygen atoms in total. The standard InChI is InChI=1S/C18H19N3OS/c1-11-4-6-13(3)15(8-11)19-17(22)10-23-18-20-14-7-5-12(2)9-16(14)21-18/h4-9H,10H2,1-3H3,(H,19,22)(H,20,21). The molecule has 0 aliphatic heterocycles. The molecule has 118 valence electrons. The van der Waals surface area contributed by atoms with Crippen molar-refractivity contribution < 1.29 is 4.79 Å². The number of aromatic amines is 1. The van der Waals surface area contributed by atoms with E-state index in [0.717, 1.165) is 33.0 Å². The van der Waals surface area contributed by atoms with Crippen molar-refractivity contribution in [1.29, 1.82) is 0 Å². The summed E-state index contributed by atoms with van der Waals surface area (Å²) < 4.78 is 0. The number of nitrogens with one attached hydrogen (secondary N) is 2. The second kappa shape index (κ2) is 6.46. The quantitative estimate of drug-likeness (QED) is 0.706. The van der Waals surface area contributed by atoms with E-state index in [1.165, 1.54) is 17.3 Å². The number of rotatable bonds is 4. The van der Waals surface area contributed by atoms with Crippen LogP contribution in [0.1, 0.15) is 16.7 Å². The maximum absolute atomic E-state index is 12.1. The maximum atomic E-state index is 12.1. The van der Waals surface area contributed by atoms with Gasteiger partial charge in [-0.2, -0.15) is 0 Å². The van der Waals surface area contributed by atoms with Gasteiger partial charge in [0.25, 0.3) is 0 Å². The number of hydrogen-bond acceptors (Lipinski definition) is 3. The first-order chi connectivity index (χ1) is 11.0. The second-order valence-electron chi connectivity index (χ2n) is 5.72. The van der Waals surface area contributed by atoms with Gasteiger partial charge in [-0.15, -0.1) is 0 Å². The minimum absolute atomic E-state index is 0.0275. The Morgan fingerprint density at radius 1 is 1.13 bits per heavy atom. The van der Waals surface area contributed by atoms with E-state index in [9.17, 15) is 4.79 Å². The number of hydrogen-bond donors (Lipinski definition) is 2. The minimum atomic E-state index is -0.0275. The molecule has 1 aromatic heterocycles. The van der Waals surface area contributed by atoms with Crippen LogP contribution in [-0.4, -0.2) is 21.6 Å². The molecule has 2 aromatic carbocycles. The summed E-state index contributed by atoms with van der Waals surface area (Å²) in [5.41, 5.74) is 6.18. The fourth-order valence-electron chi connectivity index (χ4n) is 2.36. The lowest BCUT2D eigenvalue weighted by molar-refractivity contribution is -0.113. The van der Waals surface area contributed by atoms with Gasteiger partial charge in [0.05, 0.1) is 16.8 Å². The van der Waals surface area contributed by atoms with Crippen LogP contribution in [0.3, 0.4) is 0 Å². The Hall–Kier alpha value is -2.27. The molecule has 5 heteroatoms. The maximum Gasteiger partial charge on any atom is 0.234 e. The lowest BCUT2D eigenvalue weighted by Crippen LogP contribution is -2.15. The van der Waals surface area contributed by atoms with Crippen molar-refractivity contribution >= 4 is 34.4 Å². The smallest absolute Gasteiger partial charge is 0.234 e. The summed E-state index contributed by atoms with van der Waals surface area (Å²) in [7, 11) is 0. The van der Waals surface area contributed by atoms with Crippen LogP contribution in [0.5, 0.6) is 0 Å². The number of H-pyrrole nitrogens is 1. The zero-order valence-electron chi connectivity index (χ0n) is 13.4. The van der Waals surface area contributed by atoms with Gasteiger partial charge in [-0.1, -0.05) is 30.0 Å². The van der Waals surface area contributed by atoms with Crippen LogP contribution >= 0.6 is 11.8 Å². The van der Waals surface area contributed by atoms with Gasteiger partial charge in [-0.05, 0) is 55.7 Å². The Morgan fingerprint density at radius 3 is 2.70 bits per heavy atom. The van der Waals surface area contributed by atoms with Gasteiger partial charge in [0.2, 0.25) is 5.91 Å². The zero-order chi connectivity index (χ0) is 16.4. The van der Waals surface area contributed by atoms with Crippen LogP contribution in [0.4, 0.5) is 5.69 Å². The number of anilines is 1. The first kappa shape index (κ1) is 15.6. The van der Waals surface area contributed by atoms with Gasteiger partial charge in [0, 0.05) is 5.69 Å². The Morgan fingerprint density at radius 2 is 1.87 bits per heavy atom. The molecular formula is C18H19N3OS. The normalized spacial score (nSPS) is 10.9. The van der Waals surface area contributed by atoms with Crippen molar-refractivity contribution in [2.24, 2.45) is 0 Å². The van der Waals surface area contributed by atoms with Crippen LogP contribution in [0, 0.1) is 20.8 Å². The highest BCUT2D eigenvalue weighted by molar-refractivity contribution is 7.99. The van der Waals surface area contributed by atoms with Gasteiger partial charge < -0.3 is 10.3 Å². The molecule has 0 unspecified atom stereocenters. The number of carbonyl (C=O) groups excluding carboxylic acids is 1. The highest BCUT2D eigenvalue weighted by atomic mass is 32.2. The largest absolute Gasteiger partial charge is 0.333 e. The van der Waals surface area contributed by atoms with Crippen molar-refractivity contribution in [2.45, 2.75) is 25.9 Å². The van der Waals surface area contributed by atoms with Crippen molar-refractivity contribution in [3.05, 3.63) is 53.1 Å². The van der Waals surface area contributed by atoms with Gasteiger partial charge in [0.1, 0.15) is 0 Å². The molecule has 2 N–H and O–H groups in total. The summed E-state index contributed by atoms with van der Waals surface area (Å²) in [6, 6.07) is 12.1. The SMILES string of the molecule is Cc1ccc(C)c(NC(=O)CSc2nc3ccc(C)cc3[nH]2)c1. The predicted molar refractivity (Wildman–Crippen MR) is 96.1 cm³/mol. The number of thioether (sulfide) groups is 1. The minimum Gasteiger partial charge on any atom is -0.333 e. The van der Waals surface area contributed by atoms with Crippen LogP contribution in [0.25, 0.3) is 11.0 Å². The Labute approximate surface area is 139 Å². The molecule has 0 atom stereocenters. The topological polar surface area (TPSA) is 57.8 Å². The average molecular weight is 325 g/mol. The van der Waals surface area contributed by atoms with Gasteiger partial charge in [-0.3, -0.25) is 4.79 Å². The van der Waals surface area contributed by atoms with E-state index in [0.29, 0.717) is 5.75 Å². The highest BCUT2D eigenvalue weighted by Gasteiger charge is 2.09. The molecule has 0 spiro atoms. The average Bonchev–Trinajstić information content (AvgIpc) is 2.91. The first-order valence-electron chi connectivity index (χ1n) is 7.47. The number of nitrogens with zero attached hydrogens (tertiary/aromatic N) is 1. The molecule has 0 aliphatic carbocycles. The fourth-order valence-corrected chi connectivity index (χ4v) is 3.04. The van der Waals surface area contributed by atoms with Gasteiger partial charge in [0.15, 0.2) is 5.16 Å². The van der Waals surface area contributed by atoms with Crippen molar-refractivity contribution in [3.8, 4) is 0 Å². The van der Waals surface area contributed by atoms with E-state index in [4.69, 9.17) is 0 Å². The van der Waals surface area contributed by atoms with Crippen molar-refractivity contribution in [1.82, 2.24) is 9.97 Å². The van der Waals surface area contributed by atoms with Gasteiger partial charge >= 0.3 is 0 Å². The third-order valence-corrected chi connectivity index (χ3v) is 4.50. The number of benzene rings is 2. The molecule has 1 heterocycles. The monoisotopic (exact) mass is 325 g/mol. The Bertz CT molecular complexity index is 870. The molecular weight excluding hydrogens is 306 g/mol. The Kier molecular flexibility index (Phi) is 4.39. The number of aryl methyl sites for hydroxylation is 3. The molecule has 0 fully saturated rings. The highest BCUT2D eigenvalue weighted by Crippen LogP contribution is 2.21. The summed E-state index contributed by atoms with van der Waals surface area (Å²) in [5.74, 6) is 0.298. The first-order valence-corrected chi connectivity index (χ1v) is 8.46. The third-order valence-electron chi connectivity index (χ3n) is 3.62. The van der Waals surface area contributed by atoms with Crippen LogP contribution < -0.4 is 5.32 Å². The molecule has 23 heavy (non-hydrogen) atoms. The van der Waals surface area contributed by atoms with Gasteiger partial charge in [-0.25, -0.2) is 4.98 Å². The fraction of sp³-hybridized carbons (Fsp3) is 0.222. The lowest BCUT2D eigenvalue weighted by Gasteiger charge is -2.08. The van der Waals surface area contributed by atoms with Crippen LogP contribution in [-0.2, 0) is 4.79 Å². The van der Waals surface area contributed by atoms with E-state index in [1.807, 2.05) is 51.1 Å². The number of fused-ring (bicyclic) bond motifs is 1. The number of carbonyl (C=O) groups is 1. The van der Waals surface area contributed by atoms with Crippen LogP contribution in [0.15, 0.2) is 41.6 Å². The molecule has 1 amide bonds. The molecule has 3 rings (SSSR count). The molecule has 0 saturated carbocycles. The zero-order valence-corrected chi connectivity index (χ0v) is 14.3. The number of aromatic nitrogens is 2. The third kappa shape index (κ3) is 3.74. The van der Waals surface area contributed by atoms with Crippen molar-refractivity contribution in [2.75, 3.05) is 11.1 Å². The summed E-state index contributed by atoms with van der Waals surface area (Å²) >= 11 is 1.41. The van der Waals surface area contributed by atoms with E-state index in [2.05, 4.69) is 21.4 Å². The summed E-state index contributed by atoms with van der Waals surface area (Å²) in [4.78, 5) is 19.9. The molecule has 0 aliphatic rings. The second-order valence-corrected chi connectivity index (χ2v) is 6.68. The lowest BCUT2D eigenvalue weighted by atomic mass is 10.1.